The lowest BCUT2D eigenvalue weighted by Gasteiger charge is -2.10. The van der Waals surface area contributed by atoms with Crippen LogP contribution in [0.15, 0.2) is 34.8 Å². The standard InChI is InChI=1S/C14H11BrF3NO/c15-10-2-3-11(16)9(14(10)18)7-20-13-4-1-8(6-19)5-12(13)17/h1-5H,6-7,19H2. The van der Waals surface area contributed by atoms with Gasteiger partial charge in [-0.3, -0.25) is 0 Å². The Balaban J connectivity index is 2.19. The molecule has 2 N–H and O–H groups in total. The number of rotatable bonds is 4. The molecule has 0 radical (unpaired) electrons. The molecule has 2 rings (SSSR count). The molecule has 0 aliphatic rings. The van der Waals surface area contributed by atoms with Gasteiger partial charge in [0.2, 0.25) is 0 Å². The predicted molar refractivity (Wildman–Crippen MR) is 72.7 cm³/mol. The van der Waals surface area contributed by atoms with Crippen molar-refractivity contribution >= 4 is 15.9 Å². The summed E-state index contributed by atoms with van der Waals surface area (Å²) < 4.78 is 46.1. The second kappa shape index (κ2) is 6.28. The lowest BCUT2D eigenvalue weighted by atomic mass is 10.2. The van der Waals surface area contributed by atoms with Crippen LogP contribution in [0.4, 0.5) is 13.2 Å². The van der Waals surface area contributed by atoms with Gasteiger partial charge >= 0.3 is 0 Å². The molecule has 0 heterocycles. The summed E-state index contributed by atoms with van der Waals surface area (Å²) in [5.41, 5.74) is 5.72. The van der Waals surface area contributed by atoms with Crippen LogP contribution in [0.3, 0.4) is 0 Å². The minimum atomic E-state index is -0.760. The molecule has 0 aliphatic heterocycles. The van der Waals surface area contributed by atoms with Crippen molar-refractivity contribution in [3.05, 3.63) is 63.4 Å². The highest BCUT2D eigenvalue weighted by molar-refractivity contribution is 9.10. The maximum atomic E-state index is 13.7. The van der Waals surface area contributed by atoms with Gasteiger partial charge in [0.25, 0.3) is 0 Å². The van der Waals surface area contributed by atoms with E-state index in [4.69, 9.17) is 10.5 Å². The Hall–Kier alpha value is -1.53. The van der Waals surface area contributed by atoms with Crippen molar-refractivity contribution < 1.29 is 17.9 Å². The molecule has 0 fully saturated rings. The smallest absolute Gasteiger partial charge is 0.165 e. The predicted octanol–water partition coefficient (Wildman–Crippen LogP) is 3.90. The molecule has 0 amide bonds. The van der Waals surface area contributed by atoms with E-state index in [0.29, 0.717) is 5.56 Å². The Labute approximate surface area is 122 Å². The van der Waals surface area contributed by atoms with Crippen molar-refractivity contribution in [3.8, 4) is 5.75 Å². The van der Waals surface area contributed by atoms with Gasteiger partial charge in [0.05, 0.1) is 10.0 Å². The van der Waals surface area contributed by atoms with Crippen LogP contribution in [-0.2, 0) is 13.2 Å². The van der Waals surface area contributed by atoms with E-state index in [0.717, 1.165) is 6.07 Å². The molecule has 0 unspecified atom stereocenters. The van der Waals surface area contributed by atoms with Crippen LogP contribution < -0.4 is 10.5 Å². The van der Waals surface area contributed by atoms with Crippen LogP contribution in [-0.4, -0.2) is 0 Å². The summed E-state index contributed by atoms with van der Waals surface area (Å²) in [4.78, 5) is 0. The average molecular weight is 346 g/mol. The molecule has 0 aromatic heterocycles. The fourth-order valence-corrected chi connectivity index (χ4v) is 2.01. The summed E-state index contributed by atoms with van der Waals surface area (Å²) in [5.74, 6) is -2.21. The molecule has 0 saturated carbocycles. The van der Waals surface area contributed by atoms with Crippen molar-refractivity contribution in [1.82, 2.24) is 0 Å². The number of hydrogen-bond acceptors (Lipinski definition) is 2. The molecule has 20 heavy (non-hydrogen) atoms. The number of halogens is 4. The lowest BCUT2D eigenvalue weighted by Crippen LogP contribution is -2.04. The van der Waals surface area contributed by atoms with Crippen LogP contribution in [0, 0.1) is 17.5 Å². The molecule has 0 spiro atoms. The summed E-state index contributed by atoms with van der Waals surface area (Å²) in [6, 6.07) is 6.56. The largest absolute Gasteiger partial charge is 0.486 e. The van der Waals surface area contributed by atoms with E-state index in [9.17, 15) is 13.2 Å². The first-order valence-corrected chi connectivity index (χ1v) is 6.56. The summed E-state index contributed by atoms with van der Waals surface area (Å²) in [5, 5.41) is 0. The Morgan fingerprint density at radius 2 is 1.80 bits per heavy atom. The van der Waals surface area contributed by atoms with E-state index in [1.807, 2.05) is 0 Å². The second-order valence-corrected chi connectivity index (χ2v) is 4.93. The third-order valence-electron chi connectivity index (χ3n) is 2.74. The summed E-state index contributed by atoms with van der Waals surface area (Å²) >= 11 is 2.95. The summed E-state index contributed by atoms with van der Waals surface area (Å²) in [6.45, 7) is -0.206. The first kappa shape index (κ1) is 14.9. The fraction of sp³-hybridized carbons (Fsp3) is 0.143. The van der Waals surface area contributed by atoms with E-state index >= 15 is 0 Å². The van der Waals surface area contributed by atoms with Gasteiger partial charge in [-0.05, 0) is 45.8 Å². The van der Waals surface area contributed by atoms with Gasteiger partial charge in [-0.2, -0.15) is 0 Å². The third-order valence-corrected chi connectivity index (χ3v) is 3.36. The van der Waals surface area contributed by atoms with Crippen molar-refractivity contribution in [2.75, 3.05) is 0 Å². The normalized spacial score (nSPS) is 10.7. The minimum absolute atomic E-state index is 0.0824. The highest BCUT2D eigenvalue weighted by atomic mass is 79.9. The zero-order chi connectivity index (χ0) is 14.7. The van der Waals surface area contributed by atoms with Crippen molar-refractivity contribution in [2.45, 2.75) is 13.2 Å². The molecule has 2 aromatic carbocycles. The molecule has 0 saturated heterocycles. The topological polar surface area (TPSA) is 35.2 Å². The number of benzene rings is 2. The van der Waals surface area contributed by atoms with Gasteiger partial charge in [-0.15, -0.1) is 0 Å². The zero-order valence-corrected chi connectivity index (χ0v) is 11.9. The van der Waals surface area contributed by atoms with Gasteiger partial charge in [0.1, 0.15) is 18.2 Å². The Morgan fingerprint density at radius 1 is 1.05 bits per heavy atom. The Bertz CT molecular complexity index is 634. The minimum Gasteiger partial charge on any atom is -0.486 e. The maximum Gasteiger partial charge on any atom is 0.165 e. The third kappa shape index (κ3) is 3.13. The van der Waals surface area contributed by atoms with Gasteiger partial charge in [0.15, 0.2) is 11.6 Å². The fourth-order valence-electron chi connectivity index (χ4n) is 1.64. The molecule has 2 aromatic rings. The van der Waals surface area contributed by atoms with E-state index < -0.39 is 24.1 Å². The van der Waals surface area contributed by atoms with E-state index in [-0.39, 0.29) is 22.3 Å². The van der Waals surface area contributed by atoms with E-state index in [1.165, 1.54) is 18.2 Å². The first-order chi connectivity index (χ1) is 9.52. The first-order valence-electron chi connectivity index (χ1n) is 5.76. The second-order valence-electron chi connectivity index (χ2n) is 4.08. The molecule has 106 valence electrons. The van der Waals surface area contributed by atoms with Gasteiger partial charge in [0, 0.05) is 6.54 Å². The summed E-state index contributed by atoms with van der Waals surface area (Å²) in [6.07, 6.45) is 0. The molecular weight excluding hydrogens is 335 g/mol. The molecule has 0 atom stereocenters. The zero-order valence-electron chi connectivity index (χ0n) is 10.3. The Kier molecular flexibility index (Phi) is 4.67. The van der Waals surface area contributed by atoms with Crippen LogP contribution >= 0.6 is 15.9 Å². The van der Waals surface area contributed by atoms with Crippen molar-refractivity contribution in [2.24, 2.45) is 5.73 Å². The highest BCUT2D eigenvalue weighted by Gasteiger charge is 2.14. The van der Waals surface area contributed by atoms with Gasteiger partial charge in [-0.25, -0.2) is 13.2 Å². The van der Waals surface area contributed by atoms with Crippen molar-refractivity contribution in [3.63, 3.8) is 0 Å². The number of ether oxygens (including phenoxy) is 1. The molecular formula is C14H11BrF3NO. The molecule has 0 bridgehead atoms. The summed E-state index contributed by atoms with van der Waals surface area (Å²) in [7, 11) is 0. The average Bonchev–Trinajstić information content (AvgIpc) is 2.44. The quantitative estimate of drug-likeness (QED) is 0.853. The lowest BCUT2D eigenvalue weighted by molar-refractivity contribution is 0.278. The van der Waals surface area contributed by atoms with E-state index in [1.54, 1.807) is 6.07 Å². The van der Waals surface area contributed by atoms with E-state index in [2.05, 4.69) is 15.9 Å². The SMILES string of the molecule is NCc1ccc(OCc2c(F)ccc(Br)c2F)c(F)c1. The van der Waals surface area contributed by atoms with Crippen LogP contribution in [0.1, 0.15) is 11.1 Å². The van der Waals surface area contributed by atoms with Crippen LogP contribution in [0.5, 0.6) is 5.75 Å². The van der Waals surface area contributed by atoms with Crippen LogP contribution in [0.2, 0.25) is 0 Å². The number of hydrogen-bond donors (Lipinski definition) is 1. The van der Waals surface area contributed by atoms with Crippen LogP contribution in [0.25, 0.3) is 0 Å². The number of nitrogens with two attached hydrogens (primary N) is 1. The molecule has 0 aliphatic carbocycles. The molecule has 2 nitrogen and oxygen atoms in total. The maximum absolute atomic E-state index is 13.7. The molecule has 6 heteroatoms. The van der Waals surface area contributed by atoms with Gasteiger partial charge < -0.3 is 10.5 Å². The Morgan fingerprint density at radius 3 is 2.45 bits per heavy atom. The van der Waals surface area contributed by atoms with Crippen molar-refractivity contribution in [1.29, 1.82) is 0 Å². The highest BCUT2D eigenvalue weighted by Crippen LogP contribution is 2.24. The van der Waals surface area contributed by atoms with Gasteiger partial charge in [-0.1, -0.05) is 6.07 Å². The monoisotopic (exact) mass is 345 g/mol.